The zero-order valence-electron chi connectivity index (χ0n) is 15.5. The first kappa shape index (κ1) is 20.3. The summed E-state index contributed by atoms with van der Waals surface area (Å²) in [6.07, 6.45) is 1.68. The van der Waals surface area contributed by atoms with Gasteiger partial charge in [0.25, 0.3) is 5.22 Å². The molecule has 2 heterocycles. The Kier molecular flexibility index (Phi) is 6.24. The van der Waals surface area contributed by atoms with Crippen LogP contribution in [0.5, 0.6) is 0 Å². The van der Waals surface area contributed by atoms with Crippen molar-refractivity contribution in [1.82, 2.24) is 19.9 Å². The minimum atomic E-state index is -0.305. The molecule has 0 bridgehead atoms. The maximum atomic E-state index is 13.8. The van der Waals surface area contributed by atoms with Crippen LogP contribution in [0.1, 0.15) is 5.56 Å². The lowest BCUT2D eigenvalue weighted by atomic mass is 10.2. The number of benzene rings is 2. The number of nitrogens with zero attached hydrogens (tertiary/aromatic N) is 4. The average molecular weight is 488 g/mol. The second kappa shape index (κ2) is 9.23. The molecule has 1 amide bonds. The van der Waals surface area contributed by atoms with Crippen molar-refractivity contribution >= 4 is 39.4 Å². The van der Waals surface area contributed by atoms with Crippen LogP contribution in [0.2, 0.25) is 0 Å². The van der Waals surface area contributed by atoms with Gasteiger partial charge in [-0.1, -0.05) is 65.4 Å². The first-order valence-corrected chi connectivity index (χ1v) is 10.6. The Balaban J connectivity index is 1.34. The number of hydrogen-bond acceptors (Lipinski definition) is 6. The molecule has 0 atom stereocenters. The molecule has 4 aromatic rings. The van der Waals surface area contributed by atoms with E-state index >= 15 is 0 Å². The lowest BCUT2D eigenvalue weighted by Crippen LogP contribution is -2.15. The summed E-state index contributed by atoms with van der Waals surface area (Å²) in [5.74, 6) is 0.306. The fourth-order valence-corrected chi connectivity index (χ4v) is 3.61. The van der Waals surface area contributed by atoms with Crippen molar-refractivity contribution < 1.29 is 13.7 Å². The molecule has 10 heteroatoms. The fraction of sp³-hybridized carbons (Fsp3) is 0.100. The zero-order valence-corrected chi connectivity index (χ0v) is 17.9. The van der Waals surface area contributed by atoms with Gasteiger partial charge in [0.05, 0.1) is 16.8 Å². The van der Waals surface area contributed by atoms with Crippen molar-refractivity contribution in [2.75, 3.05) is 11.1 Å². The normalized spacial score (nSPS) is 10.9. The van der Waals surface area contributed by atoms with E-state index in [1.54, 1.807) is 29.1 Å². The molecule has 4 rings (SSSR count). The molecule has 2 aromatic carbocycles. The molecule has 7 nitrogen and oxygen atoms in total. The maximum absolute atomic E-state index is 13.8. The highest BCUT2D eigenvalue weighted by molar-refractivity contribution is 9.10. The van der Waals surface area contributed by atoms with Crippen molar-refractivity contribution in [3.63, 3.8) is 0 Å². The van der Waals surface area contributed by atoms with Gasteiger partial charge in [0.2, 0.25) is 11.7 Å². The third-order valence-corrected chi connectivity index (χ3v) is 5.43. The summed E-state index contributed by atoms with van der Waals surface area (Å²) in [6.45, 7) is 0.250. The van der Waals surface area contributed by atoms with Gasteiger partial charge in [0.1, 0.15) is 5.82 Å². The molecule has 1 N–H and O–H groups in total. The SMILES string of the molecule is O=C(CSc1nc(-c2ccccc2)no1)Nc1nn(Cc2ccccc2F)cc1Br. The van der Waals surface area contributed by atoms with E-state index in [9.17, 15) is 9.18 Å². The summed E-state index contributed by atoms with van der Waals surface area (Å²) in [5.41, 5.74) is 1.34. The van der Waals surface area contributed by atoms with E-state index in [1.807, 2.05) is 30.3 Å². The van der Waals surface area contributed by atoms with Gasteiger partial charge < -0.3 is 9.84 Å². The standard InChI is InChI=1S/C20H15BrFN5O2S/c21-15-11-27(10-14-8-4-5-9-16(14)22)25-19(15)23-17(28)12-30-20-24-18(26-29-20)13-6-2-1-3-7-13/h1-9,11H,10,12H2,(H,23,25,28). The van der Waals surface area contributed by atoms with Crippen LogP contribution in [0.15, 0.2) is 75.0 Å². The van der Waals surface area contributed by atoms with Crippen molar-refractivity contribution in [2.24, 2.45) is 0 Å². The highest BCUT2D eigenvalue weighted by Gasteiger charge is 2.14. The van der Waals surface area contributed by atoms with Crippen LogP contribution < -0.4 is 5.32 Å². The van der Waals surface area contributed by atoms with Gasteiger partial charge in [-0.2, -0.15) is 10.1 Å². The van der Waals surface area contributed by atoms with E-state index in [2.05, 4.69) is 36.5 Å². The topological polar surface area (TPSA) is 85.8 Å². The average Bonchev–Trinajstić information content (AvgIpc) is 3.36. The zero-order chi connectivity index (χ0) is 20.9. The van der Waals surface area contributed by atoms with Crippen molar-refractivity contribution in [3.8, 4) is 11.4 Å². The Hall–Kier alpha value is -2.98. The Morgan fingerprint density at radius 2 is 1.93 bits per heavy atom. The Morgan fingerprint density at radius 1 is 1.17 bits per heavy atom. The van der Waals surface area contributed by atoms with Crippen LogP contribution in [0, 0.1) is 5.82 Å². The molecule has 0 aliphatic carbocycles. The molecule has 2 aromatic heterocycles. The number of rotatable bonds is 7. The molecular formula is C20H15BrFN5O2S. The summed E-state index contributed by atoms with van der Waals surface area (Å²) >= 11 is 4.49. The first-order valence-electron chi connectivity index (χ1n) is 8.86. The second-order valence-electron chi connectivity index (χ2n) is 6.20. The van der Waals surface area contributed by atoms with Crippen LogP contribution in [-0.2, 0) is 11.3 Å². The highest BCUT2D eigenvalue weighted by atomic mass is 79.9. The molecule has 0 aliphatic rings. The molecule has 0 spiro atoms. The molecule has 0 unspecified atom stereocenters. The van der Waals surface area contributed by atoms with Crippen LogP contribution in [0.25, 0.3) is 11.4 Å². The predicted octanol–water partition coefficient (Wildman–Crippen LogP) is 4.61. The lowest BCUT2D eigenvalue weighted by Gasteiger charge is -2.03. The monoisotopic (exact) mass is 487 g/mol. The van der Waals surface area contributed by atoms with Gasteiger partial charge >= 0.3 is 0 Å². The Labute approximate surface area is 183 Å². The molecule has 0 saturated heterocycles. The van der Waals surface area contributed by atoms with Gasteiger partial charge in [-0.15, -0.1) is 0 Å². The molecule has 0 saturated carbocycles. The highest BCUT2D eigenvalue weighted by Crippen LogP contribution is 2.23. The predicted molar refractivity (Wildman–Crippen MR) is 115 cm³/mol. The number of nitrogens with one attached hydrogen (secondary N) is 1. The van der Waals surface area contributed by atoms with E-state index in [1.165, 1.54) is 6.07 Å². The number of hydrogen-bond donors (Lipinski definition) is 1. The number of thioether (sulfide) groups is 1. The second-order valence-corrected chi connectivity index (χ2v) is 7.98. The van der Waals surface area contributed by atoms with E-state index in [0.29, 0.717) is 26.9 Å². The van der Waals surface area contributed by atoms with Crippen molar-refractivity contribution in [2.45, 2.75) is 11.8 Å². The number of amides is 1. The third kappa shape index (κ3) is 4.95. The maximum Gasteiger partial charge on any atom is 0.286 e. The lowest BCUT2D eigenvalue weighted by molar-refractivity contribution is -0.113. The van der Waals surface area contributed by atoms with Crippen LogP contribution in [-0.4, -0.2) is 31.6 Å². The summed E-state index contributed by atoms with van der Waals surface area (Å²) in [7, 11) is 0. The van der Waals surface area contributed by atoms with Gasteiger partial charge in [-0.25, -0.2) is 4.39 Å². The molecule has 0 fully saturated rings. The summed E-state index contributed by atoms with van der Waals surface area (Å²) in [5, 5.41) is 11.2. The molecule has 0 radical (unpaired) electrons. The number of anilines is 1. The van der Waals surface area contributed by atoms with E-state index in [-0.39, 0.29) is 24.0 Å². The smallest absolute Gasteiger partial charge is 0.286 e. The largest absolute Gasteiger partial charge is 0.327 e. The van der Waals surface area contributed by atoms with E-state index in [4.69, 9.17) is 4.52 Å². The van der Waals surface area contributed by atoms with E-state index in [0.717, 1.165) is 17.3 Å². The van der Waals surface area contributed by atoms with Gasteiger partial charge in [-0.05, 0) is 22.0 Å². The van der Waals surface area contributed by atoms with E-state index < -0.39 is 0 Å². The first-order chi connectivity index (χ1) is 14.6. The van der Waals surface area contributed by atoms with Crippen LogP contribution in [0.3, 0.4) is 0 Å². The number of carbonyl (C=O) groups is 1. The fourth-order valence-electron chi connectivity index (χ4n) is 2.63. The summed E-state index contributed by atoms with van der Waals surface area (Å²) in [4.78, 5) is 16.6. The van der Waals surface area contributed by atoms with Crippen molar-refractivity contribution in [1.29, 1.82) is 0 Å². The Bertz CT molecular complexity index is 1160. The van der Waals surface area contributed by atoms with Crippen molar-refractivity contribution in [3.05, 3.63) is 76.6 Å². The summed E-state index contributed by atoms with van der Waals surface area (Å²) < 4.78 is 21.2. The van der Waals surface area contributed by atoms with Crippen LogP contribution in [0.4, 0.5) is 10.2 Å². The number of carbonyl (C=O) groups excluding carboxylic acids is 1. The number of halogens is 2. The summed E-state index contributed by atoms with van der Waals surface area (Å²) in [6, 6.07) is 15.9. The minimum Gasteiger partial charge on any atom is -0.327 e. The number of aromatic nitrogens is 4. The van der Waals surface area contributed by atoms with Gasteiger partial charge in [-0.3, -0.25) is 9.48 Å². The minimum absolute atomic E-state index is 0.0725. The van der Waals surface area contributed by atoms with Crippen LogP contribution >= 0.6 is 27.7 Å². The van der Waals surface area contributed by atoms with Gasteiger partial charge in [0.15, 0.2) is 5.82 Å². The quantitative estimate of drug-likeness (QED) is 0.383. The van der Waals surface area contributed by atoms with Gasteiger partial charge in [0, 0.05) is 17.3 Å². The molecule has 152 valence electrons. The molecular weight excluding hydrogens is 473 g/mol. The third-order valence-electron chi connectivity index (χ3n) is 4.03. The molecule has 30 heavy (non-hydrogen) atoms. The Morgan fingerprint density at radius 3 is 2.73 bits per heavy atom. The molecule has 0 aliphatic heterocycles.